The van der Waals surface area contributed by atoms with Gasteiger partial charge in [0.1, 0.15) is 0 Å². The van der Waals surface area contributed by atoms with Crippen molar-refractivity contribution in [2.75, 3.05) is 0 Å². The van der Waals surface area contributed by atoms with Crippen molar-refractivity contribution in [1.29, 1.82) is 0 Å². The number of carboxylic acid groups (broad SMARTS) is 2. The summed E-state index contributed by atoms with van der Waals surface area (Å²) in [6.45, 7) is 7.61. The van der Waals surface area contributed by atoms with Crippen LogP contribution in [0, 0.1) is 22.7 Å². The normalized spacial score (nSPS) is 41.4. The second-order valence-corrected chi connectivity index (χ2v) is 7.09. The maximum Gasteiger partial charge on any atom is 0.331 e. The first kappa shape index (κ1) is 13.4. The van der Waals surface area contributed by atoms with E-state index < -0.39 is 22.8 Å². The number of aliphatic carboxylic acids is 2. The molecule has 0 aromatic heterocycles. The van der Waals surface area contributed by atoms with Crippen molar-refractivity contribution in [3.8, 4) is 0 Å². The highest BCUT2D eigenvalue weighted by Crippen LogP contribution is 2.69. The molecule has 0 unspecified atom stereocenters. The minimum atomic E-state index is -0.942. The van der Waals surface area contributed by atoms with Crippen LogP contribution in [0.25, 0.3) is 0 Å². The second kappa shape index (κ2) is 3.96. The fourth-order valence-corrected chi connectivity index (χ4v) is 5.42. The zero-order valence-electron chi connectivity index (χ0n) is 11.5. The summed E-state index contributed by atoms with van der Waals surface area (Å²) in [5.74, 6) is -1.04. The molecular formula is C16H20O4. The molecule has 4 fully saturated rings. The van der Waals surface area contributed by atoms with Crippen molar-refractivity contribution in [3.63, 3.8) is 0 Å². The van der Waals surface area contributed by atoms with E-state index in [2.05, 4.69) is 13.2 Å². The average molecular weight is 276 g/mol. The van der Waals surface area contributed by atoms with E-state index in [1.807, 2.05) is 0 Å². The van der Waals surface area contributed by atoms with Crippen molar-refractivity contribution >= 4 is 11.9 Å². The average Bonchev–Trinajstić information content (AvgIpc) is 2.35. The quantitative estimate of drug-likeness (QED) is 0.774. The van der Waals surface area contributed by atoms with Gasteiger partial charge in [0, 0.05) is 22.0 Å². The second-order valence-electron chi connectivity index (χ2n) is 7.09. The Morgan fingerprint density at radius 3 is 1.50 bits per heavy atom. The van der Waals surface area contributed by atoms with Crippen molar-refractivity contribution in [1.82, 2.24) is 0 Å². The van der Waals surface area contributed by atoms with Gasteiger partial charge in [-0.1, -0.05) is 13.2 Å². The third kappa shape index (κ3) is 1.67. The topological polar surface area (TPSA) is 74.6 Å². The lowest BCUT2D eigenvalue weighted by Gasteiger charge is -2.62. The van der Waals surface area contributed by atoms with Gasteiger partial charge in [-0.2, -0.15) is 0 Å². The van der Waals surface area contributed by atoms with Crippen LogP contribution in [0.4, 0.5) is 0 Å². The third-order valence-electron chi connectivity index (χ3n) is 5.86. The summed E-state index contributed by atoms with van der Waals surface area (Å²) in [5.41, 5.74) is -0.272. The summed E-state index contributed by atoms with van der Waals surface area (Å²) in [4.78, 5) is 22.8. The van der Waals surface area contributed by atoms with Crippen LogP contribution < -0.4 is 0 Å². The predicted octanol–water partition coefficient (Wildman–Crippen LogP) is 2.85. The largest absolute Gasteiger partial charge is 0.478 e. The first-order valence-electron chi connectivity index (χ1n) is 7.13. The molecule has 4 aliphatic carbocycles. The van der Waals surface area contributed by atoms with Crippen LogP contribution in [0.2, 0.25) is 0 Å². The molecule has 20 heavy (non-hydrogen) atoms. The van der Waals surface area contributed by atoms with Crippen molar-refractivity contribution in [2.45, 2.75) is 38.5 Å². The molecule has 0 aromatic rings. The van der Waals surface area contributed by atoms with E-state index in [1.165, 1.54) is 0 Å². The van der Waals surface area contributed by atoms with Crippen LogP contribution in [0.15, 0.2) is 24.3 Å². The van der Waals surface area contributed by atoms with Gasteiger partial charge in [0.05, 0.1) is 0 Å². The van der Waals surface area contributed by atoms with Gasteiger partial charge in [0.15, 0.2) is 0 Å². The summed E-state index contributed by atoms with van der Waals surface area (Å²) in [6.07, 6.45) is 5.10. The van der Waals surface area contributed by atoms with Crippen molar-refractivity contribution in [3.05, 3.63) is 24.3 Å². The van der Waals surface area contributed by atoms with Crippen molar-refractivity contribution in [2.24, 2.45) is 22.7 Å². The van der Waals surface area contributed by atoms with Gasteiger partial charge in [-0.15, -0.1) is 0 Å². The Balaban J connectivity index is 2.02. The lowest BCUT2D eigenvalue weighted by molar-refractivity contribution is -0.141. The number of carbonyl (C=O) groups is 2. The monoisotopic (exact) mass is 276 g/mol. The molecule has 0 heterocycles. The molecule has 0 spiro atoms. The zero-order chi connectivity index (χ0) is 14.7. The molecule has 2 N–H and O–H groups in total. The zero-order valence-corrected chi connectivity index (χ0v) is 11.5. The number of hydrogen-bond acceptors (Lipinski definition) is 2. The molecule has 0 aromatic carbocycles. The molecule has 0 atom stereocenters. The predicted molar refractivity (Wildman–Crippen MR) is 73.1 cm³/mol. The maximum atomic E-state index is 11.4. The fourth-order valence-electron chi connectivity index (χ4n) is 5.42. The summed E-state index contributed by atoms with van der Waals surface area (Å²) in [6, 6.07) is 0. The minimum Gasteiger partial charge on any atom is -0.478 e. The van der Waals surface area contributed by atoms with Gasteiger partial charge < -0.3 is 10.2 Å². The number of carboxylic acids is 2. The number of hydrogen-bond donors (Lipinski definition) is 2. The van der Waals surface area contributed by atoms with Gasteiger partial charge in [0.25, 0.3) is 0 Å². The van der Waals surface area contributed by atoms with Crippen LogP contribution in [0.1, 0.15) is 38.5 Å². The summed E-state index contributed by atoms with van der Waals surface area (Å²) in [5, 5.41) is 18.7. The third-order valence-corrected chi connectivity index (χ3v) is 5.86. The molecular weight excluding hydrogens is 256 g/mol. The van der Waals surface area contributed by atoms with Crippen LogP contribution in [0.5, 0.6) is 0 Å². The summed E-state index contributed by atoms with van der Waals surface area (Å²) in [7, 11) is 0. The molecule has 4 aliphatic rings. The van der Waals surface area contributed by atoms with Gasteiger partial charge >= 0.3 is 11.9 Å². The number of rotatable bonds is 4. The Hall–Kier alpha value is -1.58. The smallest absolute Gasteiger partial charge is 0.331 e. The maximum absolute atomic E-state index is 11.4. The molecule has 108 valence electrons. The Labute approximate surface area is 118 Å². The van der Waals surface area contributed by atoms with Crippen LogP contribution in [-0.2, 0) is 9.59 Å². The van der Waals surface area contributed by atoms with E-state index in [9.17, 15) is 19.8 Å². The van der Waals surface area contributed by atoms with Crippen molar-refractivity contribution < 1.29 is 19.8 Å². The summed E-state index contributed by atoms with van der Waals surface area (Å²) < 4.78 is 0. The Morgan fingerprint density at radius 2 is 1.20 bits per heavy atom. The van der Waals surface area contributed by atoms with Crippen LogP contribution in [0.3, 0.4) is 0 Å². The van der Waals surface area contributed by atoms with Gasteiger partial charge in [-0.05, 0) is 50.4 Å². The lowest BCUT2D eigenvalue weighted by Crippen LogP contribution is -2.54. The summed E-state index contributed by atoms with van der Waals surface area (Å²) >= 11 is 0. The molecule has 4 heteroatoms. The van der Waals surface area contributed by atoms with Gasteiger partial charge in [-0.3, -0.25) is 0 Å². The molecule has 4 bridgehead atoms. The first-order valence-corrected chi connectivity index (χ1v) is 7.13. The first-order chi connectivity index (χ1) is 9.28. The molecule has 0 radical (unpaired) electrons. The molecule has 4 saturated carbocycles. The highest BCUT2D eigenvalue weighted by Gasteiger charge is 2.61. The van der Waals surface area contributed by atoms with E-state index in [4.69, 9.17) is 0 Å². The van der Waals surface area contributed by atoms with Crippen LogP contribution >= 0.6 is 0 Å². The highest BCUT2D eigenvalue weighted by atomic mass is 16.4. The molecule has 4 nitrogen and oxygen atoms in total. The van der Waals surface area contributed by atoms with E-state index in [0.717, 1.165) is 32.1 Å². The molecule has 0 aliphatic heterocycles. The van der Waals surface area contributed by atoms with E-state index in [-0.39, 0.29) is 11.1 Å². The van der Waals surface area contributed by atoms with Gasteiger partial charge in [0.2, 0.25) is 0 Å². The van der Waals surface area contributed by atoms with E-state index >= 15 is 0 Å². The molecule has 4 rings (SSSR count). The highest BCUT2D eigenvalue weighted by molar-refractivity contribution is 5.89. The van der Waals surface area contributed by atoms with E-state index in [0.29, 0.717) is 18.3 Å². The Bertz CT molecular complexity index is 473. The Morgan fingerprint density at radius 1 is 0.850 bits per heavy atom. The van der Waals surface area contributed by atoms with E-state index in [1.54, 1.807) is 0 Å². The SMILES string of the molecule is C=C(C(=O)O)C12CC3CC(C1)CC(C(=C)C(=O)O)(C3)C2. The lowest BCUT2D eigenvalue weighted by atomic mass is 9.41. The minimum absolute atomic E-state index is 0.272. The Kier molecular flexibility index (Phi) is 2.66. The molecule has 0 saturated heterocycles. The molecule has 0 amide bonds. The van der Waals surface area contributed by atoms with Crippen LogP contribution in [-0.4, -0.2) is 22.2 Å². The standard InChI is InChI=1S/C16H20O4/c1-9(13(17)18)15-4-11-3-12(5-15)7-16(6-11,8-15)10(2)14(19)20/h11-12H,1-8H2,(H,17,18)(H,19,20). The van der Waals surface area contributed by atoms with Gasteiger partial charge in [-0.25, -0.2) is 9.59 Å². The fraction of sp³-hybridized carbons (Fsp3) is 0.625.